The molecule has 0 atom stereocenters. The first-order chi connectivity index (χ1) is 7.99. The van der Waals surface area contributed by atoms with Crippen LogP contribution in [-0.2, 0) is 11.2 Å². The van der Waals surface area contributed by atoms with E-state index >= 15 is 0 Å². The quantitative estimate of drug-likeness (QED) is 0.759. The number of anilines is 2. The lowest BCUT2D eigenvalue weighted by Gasteiger charge is -2.19. The highest BCUT2D eigenvalue weighted by molar-refractivity contribution is 5.91. The first kappa shape index (κ1) is 11.8. The molecule has 2 N–H and O–H groups in total. The molecule has 17 heavy (non-hydrogen) atoms. The van der Waals surface area contributed by atoms with Gasteiger partial charge < -0.3 is 10.5 Å². The van der Waals surface area contributed by atoms with E-state index in [9.17, 15) is 4.79 Å². The number of rotatable bonds is 1. The van der Waals surface area contributed by atoms with Gasteiger partial charge in [-0.2, -0.15) is 0 Å². The van der Waals surface area contributed by atoms with Crippen molar-refractivity contribution < 1.29 is 9.53 Å². The van der Waals surface area contributed by atoms with Crippen LogP contribution in [0, 0.1) is 6.92 Å². The zero-order chi connectivity index (χ0) is 12.6. The van der Waals surface area contributed by atoms with E-state index in [4.69, 9.17) is 10.5 Å². The number of aryl methyl sites for hydroxylation is 1. The first-order valence-electron chi connectivity index (χ1n) is 5.86. The van der Waals surface area contributed by atoms with Crippen molar-refractivity contribution in [3.05, 3.63) is 23.3 Å². The molecule has 0 saturated heterocycles. The van der Waals surface area contributed by atoms with Crippen LogP contribution >= 0.6 is 0 Å². The predicted molar refractivity (Wildman–Crippen MR) is 68.3 cm³/mol. The molecule has 0 bridgehead atoms. The van der Waals surface area contributed by atoms with Crippen LogP contribution in [0.25, 0.3) is 0 Å². The summed E-state index contributed by atoms with van der Waals surface area (Å²) >= 11 is 0. The Balaban J connectivity index is 2.27. The van der Waals surface area contributed by atoms with Crippen LogP contribution in [0.3, 0.4) is 0 Å². The average Bonchev–Trinajstić information content (AvgIpc) is 2.60. The van der Waals surface area contributed by atoms with Gasteiger partial charge in [0.25, 0.3) is 0 Å². The molecule has 0 aromatic heterocycles. The lowest BCUT2D eigenvalue weighted by molar-refractivity contribution is 0.123. The molecule has 0 saturated carbocycles. The Kier molecular flexibility index (Phi) is 2.96. The summed E-state index contributed by atoms with van der Waals surface area (Å²) in [4.78, 5) is 13.5. The molecule has 1 aromatic rings. The molecule has 0 unspecified atom stereocenters. The third-order valence-corrected chi connectivity index (χ3v) is 2.92. The van der Waals surface area contributed by atoms with E-state index in [0.717, 1.165) is 23.2 Å². The summed E-state index contributed by atoms with van der Waals surface area (Å²) in [5, 5.41) is 0. The van der Waals surface area contributed by atoms with E-state index in [1.54, 1.807) is 4.90 Å². The summed E-state index contributed by atoms with van der Waals surface area (Å²) in [6.45, 7) is 6.34. The van der Waals surface area contributed by atoms with Gasteiger partial charge in [-0.3, -0.25) is 4.90 Å². The number of hydrogen-bond donors (Lipinski definition) is 1. The van der Waals surface area contributed by atoms with Crippen molar-refractivity contribution in [3.8, 4) is 0 Å². The Morgan fingerprint density at radius 2 is 2.18 bits per heavy atom. The second-order valence-corrected chi connectivity index (χ2v) is 4.67. The Hall–Kier alpha value is -1.71. The van der Waals surface area contributed by atoms with E-state index in [1.165, 1.54) is 0 Å². The maximum Gasteiger partial charge on any atom is 0.414 e. The van der Waals surface area contributed by atoms with Crippen LogP contribution in [0.4, 0.5) is 16.2 Å². The standard InChI is InChI=1S/C13H18N2O2/c1-8(2)17-13(16)15-5-4-10-6-9(3)11(14)7-12(10)15/h6-8H,4-5,14H2,1-3H3. The van der Waals surface area contributed by atoms with Gasteiger partial charge in [0, 0.05) is 12.2 Å². The molecule has 1 aliphatic rings. The smallest absolute Gasteiger partial charge is 0.414 e. The van der Waals surface area contributed by atoms with E-state index in [0.29, 0.717) is 12.2 Å². The summed E-state index contributed by atoms with van der Waals surface area (Å²) in [6, 6.07) is 3.91. The fourth-order valence-electron chi connectivity index (χ4n) is 2.03. The summed E-state index contributed by atoms with van der Waals surface area (Å²) < 4.78 is 5.21. The number of nitrogen functional groups attached to an aromatic ring is 1. The minimum absolute atomic E-state index is 0.102. The van der Waals surface area contributed by atoms with Crippen LogP contribution in [0.1, 0.15) is 25.0 Å². The topological polar surface area (TPSA) is 55.6 Å². The number of nitrogens with zero attached hydrogens (tertiary/aromatic N) is 1. The van der Waals surface area contributed by atoms with E-state index in [1.807, 2.05) is 32.9 Å². The van der Waals surface area contributed by atoms with Crippen molar-refractivity contribution >= 4 is 17.5 Å². The number of hydrogen-bond acceptors (Lipinski definition) is 3. The molecular formula is C13H18N2O2. The molecule has 1 aromatic carbocycles. The maximum atomic E-state index is 11.9. The van der Waals surface area contributed by atoms with Crippen molar-refractivity contribution in [1.29, 1.82) is 0 Å². The van der Waals surface area contributed by atoms with Gasteiger partial charge in [0.2, 0.25) is 0 Å². The number of benzene rings is 1. The number of nitrogens with two attached hydrogens (primary N) is 1. The molecule has 1 heterocycles. The zero-order valence-electron chi connectivity index (χ0n) is 10.5. The largest absolute Gasteiger partial charge is 0.446 e. The third-order valence-electron chi connectivity index (χ3n) is 2.92. The Morgan fingerprint density at radius 1 is 1.47 bits per heavy atom. The molecule has 1 aliphatic heterocycles. The Morgan fingerprint density at radius 3 is 2.82 bits per heavy atom. The van der Waals surface area contributed by atoms with Gasteiger partial charge in [0.1, 0.15) is 0 Å². The number of carbonyl (C=O) groups is 1. The Labute approximate surface area is 101 Å². The van der Waals surface area contributed by atoms with Gasteiger partial charge in [-0.05, 0) is 44.4 Å². The SMILES string of the molecule is Cc1cc2c(cc1N)N(C(=O)OC(C)C)CC2. The van der Waals surface area contributed by atoms with Crippen molar-refractivity contribution in [1.82, 2.24) is 0 Å². The summed E-state index contributed by atoms with van der Waals surface area (Å²) in [5.41, 5.74) is 9.70. The van der Waals surface area contributed by atoms with Gasteiger partial charge in [-0.15, -0.1) is 0 Å². The van der Waals surface area contributed by atoms with Gasteiger partial charge in [-0.1, -0.05) is 6.07 Å². The fraction of sp³-hybridized carbons (Fsp3) is 0.462. The van der Waals surface area contributed by atoms with Crippen molar-refractivity contribution in [2.45, 2.75) is 33.3 Å². The highest BCUT2D eigenvalue weighted by atomic mass is 16.6. The summed E-state index contributed by atoms with van der Waals surface area (Å²) in [5.74, 6) is 0. The lowest BCUT2D eigenvalue weighted by Crippen LogP contribution is -2.31. The highest BCUT2D eigenvalue weighted by Crippen LogP contribution is 2.32. The summed E-state index contributed by atoms with van der Waals surface area (Å²) in [6.07, 6.45) is 0.472. The molecule has 0 radical (unpaired) electrons. The van der Waals surface area contributed by atoms with Crippen LogP contribution in [0.15, 0.2) is 12.1 Å². The van der Waals surface area contributed by atoms with Crippen LogP contribution in [0.5, 0.6) is 0 Å². The molecule has 4 nitrogen and oxygen atoms in total. The molecule has 4 heteroatoms. The number of carbonyl (C=O) groups excluding carboxylic acids is 1. The zero-order valence-corrected chi connectivity index (χ0v) is 10.5. The molecule has 1 amide bonds. The normalized spacial score (nSPS) is 14.0. The highest BCUT2D eigenvalue weighted by Gasteiger charge is 2.26. The predicted octanol–water partition coefficient (Wildman–Crippen LogP) is 2.48. The molecule has 0 aliphatic carbocycles. The lowest BCUT2D eigenvalue weighted by atomic mass is 10.1. The molecular weight excluding hydrogens is 216 g/mol. The number of ether oxygens (including phenoxy) is 1. The Bertz CT molecular complexity index is 455. The molecule has 92 valence electrons. The van der Waals surface area contributed by atoms with Crippen LogP contribution in [-0.4, -0.2) is 18.7 Å². The number of amides is 1. The molecule has 0 spiro atoms. The second-order valence-electron chi connectivity index (χ2n) is 4.67. The van der Waals surface area contributed by atoms with Crippen molar-refractivity contribution in [2.75, 3.05) is 17.2 Å². The second kappa shape index (κ2) is 4.28. The van der Waals surface area contributed by atoms with E-state index < -0.39 is 0 Å². The molecule has 2 rings (SSSR count). The van der Waals surface area contributed by atoms with Gasteiger partial charge in [0.15, 0.2) is 0 Å². The van der Waals surface area contributed by atoms with Crippen LogP contribution < -0.4 is 10.6 Å². The first-order valence-corrected chi connectivity index (χ1v) is 5.86. The fourth-order valence-corrected chi connectivity index (χ4v) is 2.03. The van der Waals surface area contributed by atoms with Gasteiger partial charge >= 0.3 is 6.09 Å². The third kappa shape index (κ3) is 2.20. The summed E-state index contributed by atoms with van der Waals surface area (Å²) in [7, 11) is 0. The maximum absolute atomic E-state index is 11.9. The van der Waals surface area contributed by atoms with E-state index in [2.05, 4.69) is 0 Å². The van der Waals surface area contributed by atoms with E-state index in [-0.39, 0.29) is 12.2 Å². The minimum Gasteiger partial charge on any atom is -0.446 e. The van der Waals surface area contributed by atoms with Crippen LogP contribution in [0.2, 0.25) is 0 Å². The van der Waals surface area contributed by atoms with Gasteiger partial charge in [-0.25, -0.2) is 4.79 Å². The minimum atomic E-state index is -0.290. The van der Waals surface area contributed by atoms with Crippen molar-refractivity contribution in [2.24, 2.45) is 0 Å². The van der Waals surface area contributed by atoms with Gasteiger partial charge in [0.05, 0.1) is 11.8 Å². The average molecular weight is 234 g/mol. The van der Waals surface area contributed by atoms with Crippen molar-refractivity contribution in [3.63, 3.8) is 0 Å². The number of fused-ring (bicyclic) bond motifs is 1. The monoisotopic (exact) mass is 234 g/mol. The molecule has 0 fully saturated rings.